The monoisotopic (exact) mass is 409 g/mol. The van der Waals surface area contributed by atoms with Crippen molar-refractivity contribution in [3.8, 4) is 11.3 Å². The molecule has 1 saturated heterocycles. The van der Waals surface area contributed by atoms with Gasteiger partial charge >= 0.3 is 0 Å². The molecule has 8 heteroatoms. The van der Waals surface area contributed by atoms with Gasteiger partial charge in [0.15, 0.2) is 5.82 Å². The molecule has 2 aromatic heterocycles. The molecule has 4 aromatic rings. The highest BCUT2D eigenvalue weighted by atomic mass is 32.1. The number of piperazine rings is 1. The summed E-state index contributed by atoms with van der Waals surface area (Å²) in [6.07, 6.45) is 1.56. The fourth-order valence-electron chi connectivity index (χ4n) is 3.60. The molecule has 0 radical (unpaired) electrons. The van der Waals surface area contributed by atoms with E-state index in [2.05, 4.69) is 24.1 Å². The maximum Gasteiger partial charge on any atom is 0.151 e. The third-order valence-electron chi connectivity index (χ3n) is 5.13. The van der Waals surface area contributed by atoms with Gasteiger partial charge in [-0.1, -0.05) is 0 Å². The maximum absolute atomic E-state index is 13.3. The quantitative estimate of drug-likeness (QED) is 0.503. The summed E-state index contributed by atoms with van der Waals surface area (Å²) < 4.78 is 31.9. The molecule has 0 aliphatic carbocycles. The van der Waals surface area contributed by atoms with Crippen LogP contribution in [0.3, 0.4) is 0 Å². The van der Waals surface area contributed by atoms with Crippen molar-refractivity contribution in [2.45, 2.75) is 0 Å². The van der Waals surface area contributed by atoms with Gasteiger partial charge in [0.25, 0.3) is 0 Å². The third kappa shape index (κ3) is 3.40. The predicted octanol–water partition coefficient (Wildman–Crippen LogP) is 4.36. The second kappa shape index (κ2) is 7.36. The molecule has 0 bridgehead atoms. The number of hydrogen-bond donors (Lipinski definition) is 0. The van der Waals surface area contributed by atoms with E-state index >= 15 is 0 Å². The van der Waals surface area contributed by atoms with E-state index in [1.807, 2.05) is 12.1 Å². The van der Waals surface area contributed by atoms with E-state index in [0.29, 0.717) is 0 Å². The predicted molar refractivity (Wildman–Crippen MR) is 111 cm³/mol. The van der Waals surface area contributed by atoms with Crippen LogP contribution in [0.5, 0.6) is 0 Å². The Morgan fingerprint density at radius 3 is 2.07 bits per heavy atom. The molecular weight excluding hydrogens is 392 g/mol. The van der Waals surface area contributed by atoms with Crippen LogP contribution in [0.25, 0.3) is 21.5 Å². The van der Waals surface area contributed by atoms with E-state index in [0.717, 1.165) is 59.2 Å². The average molecular weight is 409 g/mol. The van der Waals surface area contributed by atoms with Gasteiger partial charge in [0.05, 0.1) is 0 Å². The Morgan fingerprint density at radius 1 is 0.759 bits per heavy atom. The summed E-state index contributed by atoms with van der Waals surface area (Å²) >= 11 is 1.37. The van der Waals surface area contributed by atoms with Crippen LogP contribution in [-0.2, 0) is 0 Å². The first-order chi connectivity index (χ1) is 14.2. The van der Waals surface area contributed by atoms with Gasteiger partial charge in [0, 0.05) is 37.4 Å². The summed E-state index contributed by atoms with van der Waals surface area (Å²) in [5.41, 5.74) is 3.39. The number of nitrogens with zero attached hydrogens (tertiary/aromatic N) is 5. The molecule has 5 nitrogen and oxygen atoms in total. The number of fused-ring (bicyclic) bond motifs is 1. The summed E-state index contributed by atoms with van der Waals surface area (Å²) in [4.78, 5) is 13.4. The molecule has 29 heavy (non-hydrogen) atoms. The minimum absolute atomic E-state index is 0.224. The lowest BCUT2D eigenvalue weighted by Gasteiger charge is -2.36. The van der Waals surface area contributed by atoms with Crippen molar-refractivity contribution in [2.24, 2.45) is 0 Å². The summed E-state index contributed by atoms with van der Waals surface area (Å²) in [6, 6.07) is 12.9. The Kier molecular flexibility index (Phi) is 4.55. The van der Waals surface area contributed by atoms with Crippen molar-refractivity contribution in [2.75, 3.05) is 36.0 Å². The first kappa shape index (κ1) is 17.9. The summed E-state index contributed by atoms with van der Waals surface area (Å²) in [7, 11) is 0. The van der Waals surface area contributed by atoms with Crippen molar-refractivity contribution in [3.63, 3.8) is 0 Å². The molecule has 3 heterocycles. The van der Waals surface area contributed by atoms with Crippen LogP contribution in [0, 0.1) is 11.6 Å². The summed E-state index contributed by atoms with van der Waals surface area (Å²) in [5.74, 6) is 0.375. The van der Waals surface area contributed by atoms with E-state index in [9.17, 15) is 8.78 Å². The van der Waals surface area contributed by atoms with Crippen LogP contribution < -0.4 is 9.80 Å². The number of rotatable bonds is 3. The molecule has 1 aliphatic rings. The standard InChI is InChI=1S/C21H17F2N5S/c22-15-3-1-14(2-4-15)18-19-20(29-26-18)21(25-13-24-19)28-11-9-27(10-12-28)17-7-5-16(23)6-8-17/h1-8,13H,9-12H2. The molecule has 1 fully saturated rings. The van der Waals surface area contributed by atoms with E-state index < -0.39 is 0 Å². The van der Waals surface area contributed by atoms with E-state index in [4.69, 9.17) is 0 Å². The normalized spacial score (nSPS) is 14.6. The Bertz CT molecular complexity index is 1140. The molecule has 5 rings (SSSR count). The van der Waals surface area contributed by atoms with Gasteiger partial charge in [-0.3, -0.25) is 0 Å². The van der Waals surface area contributed by atoms with Gasteiger partial charge in [0.2, 0.25) is 0 Å². The highest BCUT2D eigenvalue weighted by Gasteiger charge is 2.22. The first-order valence-electron chi connectivity index (χ1n) is 9.31. The molecule has 0 N–H and O–H groups in total. The minimum Gasteiger partial charge on any atom is -0.368 e. The van der Waals surface area contributed by atoms with Gasteiger partial charge < -0.3 is 9.80 Å². The topological polar surface area (TPSA) is 45.2 Å². The molecule has 0 atom stereocenters. The number of halogens is 2. The molecule has 0 spiro atoms. The smallest absolute Gasteiger partial charge is 0.151 e. The number of aromatic nitrogens is 3. The minimum atomic E-state index is -0.275. The van der Waals surface area contributed by atoms with E-state index in [-0.39, 0.29) is 11.6 Å². The Labute approximate surface area is 170 Å². The Balaban J connectivity index is 1.40. The third-order valence-corrected chi connectivity index (χ3v) is 5.96. The lowest BCUT2D eigenvalue weighted by atomic mass is 10.1. The molecule has 0 unspecified atom stereocenters. The Morgan fingerprint density at radius 2 is 1.38 bits per heavy atom. The van der Waals surface area contributed by atoms with Gasteiger partial charge in [-0.05, 0) is 60.1 Å². The van der Waals surface area contributed by atoms with Crippen LogP contribution in [-0.4, -0.2) is 40.5 Å². The lowest BCUT2D eigenvalue weighted by Crippen LogP contribution is -2.46. The van der Waals surface area contributed by atoms with Crippen LogP contribution in [0.15, 0.2) is 54.9 Å². The van der Waals surface area contributed by atoms with E-state index in [1.165, 1.54) is 35.8 Å². The lowest BCUT2D eigenvalue weighted by molar-refractivity contribution is 0.624. The summed E-state index contributed by atoms with van der Waals surface area (Å²) in [6.45, 7) is 3.24. The van der Waals surface area contributed by atoms with Gasteiger partial charge in [-0.15, -0.1) is 0 Å². The van der Waals surface area contributed by atoms with E-state index in [1.54, 1.807) is 18.5 Å². The number of benzene rings is 2. The zero-order chi connectivity index (χ0) is 19.8. The number of anilines is 2. The van der Waals surface area contributed by atoms with Crippen LogP contribution >= 0.6 is 11.5 Å². The second-order valence-electron chi connectivity index (χ2n) is 6.86. The molecule has 1 aliphatic heterocycles. The van der Waals surface area contributed by atoms with Crippen LogP contribution in [0.1, 0.15) is 0 Å². The van der Waals surface area contributed by atoms with Crippen LogP contribution in [0.4, 0.5) is 20.3 Å². The van der Waals surface area contributed by atoms with Gasteiger partial charge in [-0.25, -0.2) is 18.7 Å². The fourth-order valence-corrected chi connectivity index (χ4v) is 4.48. The van der Waals surface area contributed by atoms with Crippen molar-refractivity contribution in [3.05, 3.63) is 66.5 Å². The largest absolute Gasteiger partial charge is 0.368 e. The first-order valence-corrected chi connectivity index (χ1v) is 10.1. The maximum atomic E-state index is 13.3. The Hall–Kier alpha value is -3.13. The van der Waals surface area contributed by atoms with Crippen molar-refractivity contribution in [1.29, 1.82) is 0 Å². The highest BCUT2D eigenvalue weighted by Crippen LogP contribution is 2.34. The van der Waals surface area contributed by atoms with Crippen molar-refractivity contribution >= 4 is 33.3 Å². The zero-order valence-electron chi connectivity index (χ0n) is 15.4. The molecular formula is C21H17F2N5S. The number of hydrogen-bond acceptors (Lipinski definition) is 6. The van der Waals surface area contributed by atoms with Crippen molar-refractivity contribution < 1.29 is 8.78 Å². The van der Waals surface area contributed by atoms with Crippen molar-refractivity contribution in [1.82, 2.24) is 14.3 Å². The zero-order valence-corrected chi connectivity index (χ0v) is 16.2. The van der Waals surface area contributed by atoms with Gasteiger partial charge in [-0.2, -0.15) is 4.37 Å². The SMILES string of the molecule is Fc1ccc(-c2nsc3c(N4CCN(c5ccc(F)cc5)CC4)ncnc23)cc1. The van der Waals surface area contributed by atoms with Crippen LogP contribution in [0.2, 0.25) is 0 Å². The second-order valence-corrected chi connectivity index (χ2v) is 7.64. The molecule has 146 valence electrons. The highest BCUT2D eigenvalue weighted by molar-refractivity contribution is 7.14. The van der Waals surface area contributed by atoms with Gasteiger partial charge in [0.1, 0.15) is 33.9 Å². The molecule has 0 saturated carbocycles. The molecule has 0 amide bonds. The average Bonchev–Trinajstić information content (AvgIpc) is 3.19. The summed E-state index contributed by atoms with van der Waals surface area (Å²) in [5, 5.41) is 0. The fraction of sp³-hybridized carbons (Fsp3) is 0.190. The molecule has 2 aromatic carbocycles.